The van der Waals surface area contributed by atoms with Gasteiger partial charge in [-0.2, -0.15) is 0 Å². The van der Waals surface area contributed by atoms with E-state index in [-0.39, 0.29) is 12.1 Å². The molecule has 0 aromatic heterocycles. The van der Waals surface area contributed by atoms with Gasteiger partial charge in [-0.15, -0.1) is 0 Å². The summed E-state index contributed by atoms with van der Waals surface area (Å²) >= 11 is 0. The van der Waals surface area contributed by atoms with Crippen LogP contribution in [0.1, 0.15) is 45.6 Å². The Labute approximate surface area is 111 Å². The molecule has 1 unspecified atom stereocenters. The first-order valence-electron chi connectivity index (χ1n) is 7.06. The van der Waals surface area contributed by atoms with Crippen LogP contribution in [0.3, 0.4) is 0 Å². The fraction of sp³-hybridized carbons (Fsp3) is 0.625. The molecule has 18 heavy (non-hydrogen) atoms. The zero-order valence-electron chi connectivity index (χ0n) is 11.9. The lowest BCUT2D eigenvalue weighted by Crippen LogP contribution is -2.44. The molecule has 102 valence electrons. The minimum absolute atomic E-state index is 0.0831. The third kappa shape index (κ3) is 4.11. The van der Waals surface area contributed by atoms with Crippen molar-refractivity contribution in [1.82, 2.24) is 5.32 Å². The highest BCUT2D eigenvalue weighted by Gasteiger charge is 2.31. The van der Waals surface area contributed by atoms with Crippen LogP contribution in [-0.4, -0.2) is 18.3 Å². The molecular formula is C16H27NO. The molecule has 1 rings (SSSR count). The van der Waals surface area contributed by atoms with Crippen molar-refractivity contribution in [2.45, 2.75) is 45.6 Å². The van der Waals surface area contributed by atoms with Gasteiger partial charge in [0, 0.05) is 12.1 Å². The van der Waals surface area contributed by atoms with E-state index in [0.717, 1.165) is 25.8 Å². The Kier molecular flexibility index (Phi) is 6.37. The quantitative estimate of drug-likeness (QED) is 0.741. The molecule has 0 saturated heterocycles. The Morgan fingerprint density at radius 1 is 1.22 bits per heavy atom. The first kappa shape index (κ1) is 15.2. The van der Waals surface area contributed by atoms with Crippen LogP contribution in [0.25, 0.3) is 0 Å². The molecule has 1 aromatic carbocycles. The molecule has 0 heterocycles. The Morgan fingerprint density at radius 3 is 2.39 bits per heavy atom. The van der Waals surface area contributed by atoms with Gasteiger partial charge in [0.2, 0.25) is 0 Å². The summed E-state index contributed by atoms with van der Waals surface area (Å²) in [5, 5.41) is 13.1. The minimum Gasteiger partial charge on any atom is -0.396 e. The maximum absolute atomic E-state index is 9.44. The molecule has 0 bridgehead atoms. The van der Waals surface area contributed by atoms with Crippen LogP contribution in [0.4, 0.5) is 0 Å². The van der Waals surface area contributed by atoms with E-state index in [4.69, 9.17) is 0 Å². The molecule has 1 aromatic rings. The Bertz CT molecular complexity index is 323. The van der Waals surface area contributed by atoms with Gasteiger partial charge in [0.25, 0.3) is 0 Å². The molecule has 0 saturated carbocycles. The predicted molar refractivity (Wildman–Crippen MR) is 77.6 cm³/mol. The molecule has 2 heteroatoms. The summed E-state index contributed by atoms with van der Waals surface area (Å²) in [6.45, 7) is 7.86. The first-order chi connectivity index (χ1) is 8.64. The number of benzene rings is 1. The van der Waals surface area contributed by atoms with Gasteiger partial charge in [0.05, 0.1) is 0 Å². The molecule has 0 fully saturated rings. The highest BCUT2D eigenvalue weighted by molar-refractivity contribution is 5.24. The summed E-state index contributed by atoms with van der Waals surface area (Å²) in [4.78, 5) is 0. The zero-order valence-corrected chi connectivity index (χ0v) is 11.9. The standard InChI is InChI=1S/C16H27NO/c1-4-11-17-16(10-12-18,13-14(2)3)15-8-6-5-7-9-15/h5-9,14,17-18H,4,10-13H2,1-3H3. The molecule has 0 aliphatic carbocycles. The molecule has 1 atom stereocenters. The van der Waals surface area contributed by atoms with Crippen molar-refractivity contribution in [3.8, 4) is 0 Å². The second kappa shape index (κ2) is 7.55. The van der Waals surface area contributed by atoms with E-state index in [0.29, 0.717) is 5.92 Å². The van der Waals surface area contributed by atoms with Gasteiger partial charge in [-0.1, -0.05) is 51.1 Å². The van der Waals surface area contributed by atoms with Crippen LogP contribution in [0.2, 0.25) is 0 Å². The van der Waals surface area contributed by atoms with E-state index < -0.39 is 0 Å². The summed E-state index contributed by atoms with van der Waals surface area (Å²) < 4.78 is 0. The third-order valence-electron chi connectivity index (χ3n) is 3.34. The lowest BCUT2D eigenvalue weighted by atomic mass is 9.79. The van der Waals surface area contributed by atoms with Crippen molar-refractivity contribution in [3.63, 3.8) is 0 Å². The smallest absolute Gasteiger partial charge is 0.0459 e. The van der Waals surface area contributed by atoms with Crippen LogP contribution < -0.4 is 5.32 Å². The maximum Gasteiger partial charge on any atom is 0.0459 e. The average molecular weight is 249 g/mol. The normalized spacial score (nSPS) is 14.7. The lowest BCUT2D eigenvalue weighted by molar-refractivity contribution is 0.184. The average Bonchev–Trinajstić information content (AvgIpc) is 2.36. The molecule has 2 nitrogen and oxygen atoms in total. The largest absolute Gasteiger partial charge is 0.396 e. The number of hydrogen-bond acceptors (Lipinski definition) is 2. The zero-order chi connectivity index (χ0) is 13.4. The number of rotatable bonds is 8. The molecule has 0 amide bonds. The Balaban J connectivity index is 3.02. The van der Waals surface area contributed by atoms with E-state index in [1.807, 2.05) is 6.07 Å². The Morgan fingerprint density at radius 2 is 1.89 bits per heavy atom. The third-order valence-corrected chi connectivity index (χ3v) is 3.34. The predicted octanol–water partition coefficient (Wildman–Crippen LogP) is 3.31. The van der Waals surface area contributed by atoms with Crippen molar-refractivity contribution in [2.75, 3.05) is 13.2 Å². The van der Waals surface area contributed by atoms with Gasteiger partial charge in [0.15, 0.2) is 0 Å². The molecule has 0 aliphatic rings. The number of hydrogen-bond donors (Lipinski definition) is 2. The van der Waals surface area contributed by atoms with E-state index in [9.17, 15) is 5.11 Å². The number of aliphatic hydroxyl groups is 1. The summed E-state index contributed by atoms with van der Waals surface area (Å²) in [5.74, 6) is 0.598. The SMILES string of the molecule is CCCNC(CCO)(CC(C)C)c1ccccc1. The van der Waals surface area contributed by atoms with Crippen molar-refractivity contribution in [1.29, 1.82) is 0 Å². The molecule has 2 N–H and O–H groups in total. The topological polar surface area (TPSA) is 32.3 Å². The second-order valence-corrected chi connectivity index (χ2v) is 5.45. The van der Waals surface area contributed by atoms with Crippen molar-refractivity contribution < 1.29 is 5.11 Å². The highest BCUT2D eigenvalue weighted by Crippen LogP contribution is 2.32. The number of aliphatic hydroxyl groups excluding tert-OH is 1. The summed E-state index contributed by atoms with van der Waals surface area (Å²) in [6, 6.07) is 10.5. The van der Waals surface area contributed by atoms with Gasteiger partial charge in [-0.25, -0.2) is 0 Å². The van der Waals surface area contributed by atoms with E-state index in [2.05, 4.69) is 50.4 Å². The van der Waals surface area contributed by atoms with E-state index >= 15 is 0 Å². The van der Waals surface area contributed by atoms with Gasteiger partial charge >= 0.3 is 0 Å². The van der Waals surface area contributed by atoms with Crippen molar-refractivity contribution in [3.05, 3.63) is 35.9 Å². The monoisotopic (exact) mass is 249 g/mol. The molecule has 0 aliphatic heterocycles. The maximum atomic E-state index is 9.44. The molecular weight excluding hydrogens is 222 g/mol. The van der Waals surface area contributed by atoms with Gasteiger partial charge in [-0.05, 0) is 37.3 Å². The van der Waals surface area contributed by atoms with Crippen LogP contribution in [0, 0.1) is 5.92 Å². The summed E-state index contributed by atoms with van der Waals surface area (Å²) in [5.41, 5.74) is 1.21. The fourth-order valence-electron chi connectivity index (χ4n) is 2.64. The van der Waals surface area contributed by atoms with E-state index in [1.165, 1.54) is 5.56 Å². The van der Waals surface area contributed by atoms with Crippen molar-refractivity contribution >= 4 is 0 Å². The molecule has 0 radical (unpaired) electrons. The van der Waals surface area contributed by atoms with E-state index in [1.54, 1.807) is 0 Å². The number of nitrogens with one attached hydrogen (secondary N) is 1. The van der Waals surface area contributed by atoms with Crippen LogP contribution >= 0.6 is 0 Å². The first-order valence-corrected chi connectivity index (χ1v) is 7.06. The summed E-state index contributed by atoms with van der Waals surface area (Å²) in [6.07, 6.45) is 2.94. The second-order valence-electron chi connectivity index (χ2n) is 5.45. The minimum atomic E-state index is -0.0831. The Hall–Kier alpha value is -0.860. The highest BCUT2D eigenvalue weighted by atomic mass is 16.3. The van der Waals surface area contributed by atoms with Crippen molar-refractivity contribution in [2.24, 2.45) is 5.92 Å². The lowest BCUT2D eigenvalue weighted by Gasteiger charge is -2.37. The fourth-order valence-corrected chi connectivity index (χ4v) is 2.64. The van der Waals surface area contributed by atoms with Crippen LogP contribution in [0.5, 0.6) is 0 Å². The van der Waals surface area contributed by atoms with Gasteiger partial charge in [0.1, 0.15) is 0 Å². The van der Waals surface area contributed by atoms with Crippen LogP contribution in [-0.2, 0) is 5.54 Å². The van der Waals surface area contributed by atoms with Gasteiger partial charge in [-0.3, -0.25) is 0 Å². The summed E-state index contributed by atoms with van der Waals surface area (Å²) in [7, 11) is 0. The van der Waals surface area contributed by atoms with Crippen LogP contribution in [0.15, 0.2) is 30.3 Å². The van der Waals surface area contributed by atoms with Gasteiger partial charge < -0.3 is 10.4 Å². The molecule has 0 spiro atoms.